The predicted molar refractivity (Wildman–Crippen MR) is 53.2 cm³/mol. The third-order valence-electron chi connectivity index (χ3n) is 2.98. The second kappa shape index (κ2) is 4.61. The van der Waals surface area contributed by atoms with Crippen molar-refractivity contribution in [2.45, 2.75) is 25.3 Å². The number of nitrogens with zero attached hydrogens (tertiary/aromatic N) is 1. The first kappa shape index (κ1) is 10.4. The molecule has 0 aromatic carbocycles. The number of carbonyl (C=O) groups is 2. The SMILES string of the molecule is O=C1CCN(C2CCNCC2)C(=O)CO1. The van der Waals surface area contributed by atoms with Crippen molar-refractivity contribution < 1.29 is 14.3 Å². The Morgan fingerprint density at radius 1 is 1.27 bits per heavy atom. The van der Waals surface area contributed by atoms with E-state index >= 15 is 0 Å². The molecule has 2 rings (SSSR count). The van der Waals surface area contributed by atoms with Crippen LogP contribution in [0.25, 0.3) is 0 Å². The molecule has 0 atom stereocenters. The van der Waals surface area contributed by atoms with Crippen molar-refractivity contribution in [2.24, 2.45) is 0 Å². The monoisotopic (exact) mass is 212 g/mol. The summed E-state index contributed by atoms with van der Waals surface area (Å²) in [5.74, 6) is -0.312. The van der Waals surface area contributed by atoms with Crippen LogP contribution < -0.4 is 5.32 Å². The van der Waals surface area contributed by atoms with E-state index in [9.17, 15) is 9.59 Å². The van der Waals surface area contributed by atoms with Crippen LogP contribution in [-0.4, -0.2) is 49.1 Å². The van der Waals surface area contributed by atoms with Crippen LogP contribution in [0, 0.1) is 0 Å². The molecule has 0 aromatic heterocycles. The van der Waals surface area contributed by atoms with Gasteiger partial charge in [0.05, 0.1) is 6.42 Å². The Morgan fingerprint density at radius 3 is 2.73 bits per heavy atom. The molecule has 1 amide bonds. The lowest BCUT2D eigenvalue weighted by Gasteiger charge is -2.33. The summed E-state index contributed by atoms with van der Waals surface area (Å²) in [6, 6.07) is 0.285. The van der Waals surface area contributed by atoms with Gasteiger partial charge in [-0.2, -0.15) is 0 Å². The van der Waals surface area contributed by atoms with E-state index in [1.54, 1.807) is 0 Å². The molecule has 5 nitrogen and oxygen atoms in total. The maximum atomic E-state index is 11.7. The number of hydrogen-bond donors (Lipinski definition) is 1. The molecule has 0 spiro atoms. The first-order valence-corrected chi connectivity index (χ1v) is 5.43. The zero-order valence-corrected chi connectivity index (χ0v) is 8.70. The van der Waals surface area contributed by atoms with Gasteiger partial charge >= 0.3 is 5.97 Å². The minimum atomic E-state index is -0.264. The van der Waals surface area contributed by atoms with Crippen molar-refractivity contribution in [1.29, 1.82) is 0 Å². The Labute approximate surface area is 88.8 Å². The number of rotatable bonds is 1. The van der Waals surface area contributed by atoms with Crippen LogP contribution in [0.3, 0.4) is 0 Å². The Hall–Kier alpha value is -1.10. The highest BCUT2D eigenvalue weighted by molar-refractivity contribution is 5.83. The number of nitrogens with one attached hydrogen (secondary N) is 1. The molecule has 2 heterocycles. The van der Waals surface area contributed by atoms with Gasteiger partial charge in [0.25, 0.3) is 5.91 Å². The fourth-order valence-electron chi connectivity index (χ4n) is 2.14. The Balaban J connectivity index is 1.99. The number of amides is 1. The van der Waals surface area contributed by atoms with E-state index in [4.69, 9.17) is 4.74 Å². The highest BCUT2D eigenvalue weighted by Crippen LogP contribution is 2.14. The van der Waals surface area contributed by atoms with E-state index in [0.29, 0.717) is 13.0 Å². The standard InChI is InChI=1S/C10H16N2O3/c13-9-7-15-10(14)3-6-12(9)8-1-4-11-5-2-8/h8,11H,1-7H2. The van der Waals surface area contributed by atoms with Crippen LogP contribution in [0.4, 0.5) is 0 Å². The molecule has 2 aliphatic rings. The summed E-state index contributed by atoms with van der Waals surface area (Å²) in [5, 5.41) is 3.26. The van der Waals surface area contributed by atoms with Crippen molar-refractivity contribution in [3.8, 4) is 0 Å². The Kier molecular flexibility index (Phi) is 3.20. The molecule has 2 fully saturated rings. The Bertz CT molecular complexity index is 261. The van der Waals surface area contributed by atoms with E-state index in [0.717, 1.165) is 25.9 Å². The molecule has 0 unspecified atom stereocenters. The number of piperidine rings is 1. The number of cyclic esters (lactones) is 1. The number of carbonyl (C=O) groups excluding carboxylic acids is 2. The van der Waals surface area contributed by atoms with Gasteiger partial charge in [0.15, 0.2) is 6.61 Å². The molecule has 2 aliphatic heterocycles. The minimum absolute atomic E-state index is 0.0484. The Morgan fingerprint density at radius 2 is 2.00 bits per heavy atom. The third-order valence-corrected chi connectivity index (χ3v) is 2.98. The lowest BCUT2D eigenvalue weighted by Crippen LogP contribution is -2.46. The van der Waals surface area contributed by atoms with Crippen LogP contribution in [0.1, 0.15) is 19.3 Å². The second-order valence-corrected chi connectivity index (χ2v) is 3.98. The van der Waals surface area contributed by atoms with Gasteiger partial charge in [0.2, 0.25) is 0 Å². The second-order valence-electron chi connectivity index (χ2n) is 3.98. The molecule has 0 aromatic rings. The average Bonchev–Trinajstić information content (AvgIpc) is 2.43. The molecule has 5 heteroatoms. The molecule has 0 radical (unpaired) electrons. The summed E-state index contributed by atoms with van der Waals surface area (Å²) in [4.78, 5) is 24.5. The van der Waals surface area contributed by atoms with E-state index in [-0.39, 0.29) is 24.5 Å². The van der Waals surface area contributed by atoms with Crippen molar-refractivity contribution in [3.05, 3.63) is 0 Å². The molecule has 84 valence electrons. The number of esters is 1. The van der Waals surface area contributed by atoms with E-state index in [1.807, 2.05) is 4.90 Å². The van der Waals surface area contributed by atoms with E-state index in [2.05, 4.69) is 5.32 Å². The lowest BCUT2D eigenvalue weighted by atomic mass is 10.0. The quantitative estimate of drug-likeness (QED) is 0.596. The largest absolute Gasteiger partial charge is 0.456 e. The minimum Gasteiger partial charge on any atom is -0.456 e. The van der Waals surface area contributed by atoms with Gasteiger partial charge in [-0.3, -0.25) is 9.59 Å². The summed E-state index contributed by atoms with van der Waals surface area (Å²) in [6.07, 6.45) is 2.27. The van der Waals surface area contributed by atoms with Crippen LogP contribution in [0.15, 0.2) is 0 Å². The normalized spacial score (nSPS) is 24.9. The van der Waals surface area contributed by atoms with Crippen LogP contribution in [0.2, 0.25) is 0 Å². The van der Waals surface area contributed by atoms with Crippen LogP contribution >= 0.6 is 0 Å². The summed E-state index contributed by atoms with van der Waals surface area (Å²) >= 11 is 0. The maximum absolute atomic E-state index is 11.7. The van der Waals surface area contributed by atoms with Gasteiger partial charge in [-0.15, -0.1) is 0 Å². The van der Waals surface area contributed by atoms with Crippen molar-refractivity contribution in [3.63, 3.8) is 0 Å². The predicted octanol–water partition coefficient (Wildman–Crippen LogP) is -0.486. The molecular formula is C10H16N2O3. The van der Waals surface area contributed by atoms with Crippen molar-refractivity contribution >= 4 is 11.9 Å². The van der Waals surface area contributed by atoms with Gasteiger partial charge in [0.1, 0.15) is 0 Å². The van der Waals surface area contributed by atoms with E-state index in [1.165, 1.54) is 0 Å². The molecule has 0 saturated carbocycles. The molecule has 1 N–H and O–H groups in total. The highest BCUT2D eigenvalue weighted by Gasteiger charge is 2.28. The maximum Gasteiger partial charge on any atom is 0.308 e. The zero-order chi connectivity index (χ0) is 10.7. The summed E-state index contributed by atoms with van der Waals surface area (Å²) in [5.41, 5.74) is 0. The first-order valence-electron chi connectivity index (χ1n) is 5.43. The molecule has 15 heavy (non-hydrogen) atoms. The van der Waals surface area contributed by atoms with Crippen molar-refractivity contribution in [2.75, 3.05) is 26.2 Å². The topological polar surface area (TPSA) is 58.6 Å². The summed E-state index contributed by atoms with van der Waals surface area (Å²) < 4.78 is 4.79. The fourth-order valence-corrected chi connectivity index (χ4v) is 2.14. The lowest BCUT2D eigenvalue weighted by molar-refractivity contribution is -0.148. The zero-order valence-electron chi connectivity index (χ0n) is 8.70. The number of ether oxygens (including phenoxy) is 1. The summed E-state index contributed by atoms with van der Waals surface area (Å²) in [7, 11) is 0. The van der Waals surface area contributed by atoms with Gasteiger partial charge < -0.3 is 15.0 Å². The van der Waals surface area contributed by atoms with Crippen LogP contribution in [0.5, 0.6) is 0 Å². The summed E-state index contributed by atoms with van der Waals surface area (Å²) in [6.45, 7) is 2.33. The van der Waals surface area contributed by atoms with Gasteiger partial charge in [0, 0.05) is 12.6 Å². The fraction of sp³-hybridized carbons (Fsp3) is 0.800. The third kappa shape index (κ3) is 2.47. The number of hydrogen-bond acceptors (Lipinski definition) is 4. The smallest absolute Gasteiger partial charge is 0.308 e. The van der Waals surface area contributed by atoms with Crippen LogP contribution in [-0.2, 0) is 14.3 Å². The molecular weight excluding hydrogens is 196 g/mol. The first-order chi connectivity index (χ1) is 7.27. The van der Waals surface area contributed by atoms with Gasteiger partial charge in [-0.25, -0.2) is 0 Å². The van der Waals surface area contributed by atoms with Crippen molar-refractivity contribution in [1.82, 2.24) is 10.2 Å². The molecule has 0 aliphatic carbocycles. The van der Waals surface area contributed by atoms with Gasteiger partial charge in [-0.1, -0.05) is 0 Å². The van der Waals surface area contributed by atoms with E-state index < -0.39 is 0 Å². The van der Waals surface area contributed by atoms with Gasteiger partial charge in [-0.05, 0) is 25.9 Å². The molecule has 0 bridgehead atoms. The average molecular weight is 212 g/mol. The highest BCUT2D eigenvalue weighted by atomic mass is 16.5. The molecule has 2 saturated heterocycles.